The van der Waals surface area contributed by atoms with Gasteiger partial charge < -0.3 is 0 Å². The highest BCUT2D eigenvalue weighted by molar-refractivity contribution is 5.92. The van der Waals surface area contributed by atoms with E-state index in [0.717, 1.165) is 5.69 Å². The van der Waals surface area contributed by atoms with Gasteiger partial charge in [0.05, 0.1) is 11.9 Å². The average molecular weight is 175 g/mol. The van der Waals surface area contributed by atoms with Gasteiger partial charge in [0.1, 0.15) is 5.69 Å². The fourth-order valence-electron chi connectivity index (χ4n) is 1.21. The van der Waals surface area contributed by atoms with E-state index in [4.69, 9.17) is 0 Å². The van der Waals surface area contributed by atoms with Crippen LogP contribution < -0.4 is 0 Å². The SMILES string of the molecule is CC(=O)c1cnc2ccc(C)nn12. The number of aromatic nitrogens is 3. The molecule has 0 saturated heterocycles. The highest BCUT2D eigenvalue weighted by Gasteiger charge is 2.07. The Morgan fingerprint density at radius 1 is 1.46 bits per heavy atom. The number of Topliss-reactive ketones (excluding diaryl/α,β-unsaturated/α-hetero) is 1. The molecule has 4 nitrogen and oxygen atoms in total. The van der Waals surface area contributed by atoms with Crippen LogP contribution in [-0.2, 0) is 0 Å². The fourth-order valence-corrected chi connectivity index (χ4v) is 1.21. The third-order valence-electron chi connectivity index (χ3n) is 1.86. The maximum absolute atomic E-state index is 11.1. The lowest BCUT2D eigenvalue weighted by atomic mass is 10.3. The Labute approximate surface area is 75.2 Å². The molecule has 0 N–H and O–H groups in total. The molecule has 0 amide bonds. The van der Waals surface area contributed by atoms with E-state index in [1.165, 1.54) is 6.92 Å². The van der Waals surface area contributed by atoms with E-state index in [1.54, 1.807) is 10.7 Å². The molecule has 0 unspecified atom stereocenters. The predicted molar refractivity (Wildman–Crippen MR) is 47.7 cm³/mol. The summed E-state index contributed by atoms with van der Waals surface area (Å²) in [4.78, 5) is 15.2. The number of hydrogen-bond acceptors (Lipinski definition) is 3. The minimum atomic E-state index is -0.0226. The first kappa shape index (κ1) is 7.91. The van der Waals surface area contributed by atoms with Gasteiger partial charge >= 0.3 is 0 Å². The number of nitrogens with zero attached hydrogens (tertiary/aromatic N) is 3. The molecule has 0 aliphatic rings. The molecule has 0 fully saturated rings. The van der Waals surface area contributed by atoms with Crippen molar-refractivity contribution in [2.75, 3.05) is 0 Å². The number of carbonyl (C=O) groups excluding carboxylic acids is 1. The maximum atomic E-state index is 11.1. The predicted octanol–water partition coefficient (Wildman–Crippen LogP) is 1.24. The van der Waals surface area contributed by atoms with Gasteiger partial charge in [-0.1, -0.05) is 0 Å². The minimum Gasteiger partial charge on any atom is -0.293 e. The van der Waals surface area contributed by atoms with Crippen LogP contribution in [0.4, 0.5) is 0 Å². The van der Waals surface area contributed by atoms with Crippen LogP contribution in [0, 0.1) is 6.92 Å². The lowest BCUT2D eigenvalue weighted by Gasteiger charge is -1.96. The summed E-state index contributed by atoms with van der Waals surface area (Å²) in [6.07, 6.45) is 1.55. The van der Waals surface area contributed by atoms with Crippen molar-refractivity contribution >= 4 is 11.4 Å². The van der Waals surface area contributed by atoms with Crippen LogP contribution >= 0.6 is 0 Å². The van der Waals surface area contributed by atoms with Crippen LogP contribution in [0.1, 0.15) is 23.1 Å². The van der Waals surface area contributed by atoms with E-state index in [-0.39, 0.29) is 5.78 Å². The van der Waals surface area contributed by atoms with Gasteiger partial charge in [0.15, 0.2) is 11.4 Å². The highest BCUT2D eigenvalue weighted by Crippen LogP contribution is 2.05. The van der Waals surface area contributed by atoms with Gasteiger partial charge in [-0.2, -0.15) is 5.10 Å². The van der Waals surface area contributed by atoms with Crippen LogP contribution in [0.5, 0.6) is 0 Å². The number of aryl methyl sites for hydroxylation is 1. The summed E-state index contributed by atoms with van der Waals surface area (Å²) >= 11 is 0. The van der Waals surface area contributed by atoms with Crippen LogP contribution in [0.25, 0.3) is 5.65 Å². The zero-order chi connectivity index (χ0) is 9.42. The summed E-state index contributed by atoms with van der Waals surface area (Å²) in [6.45, 7) is 3.39. The Morgan fingerprint density at radius 3 is 2.92 bits per heavy atom. The van der Waals surface area contributed by atoms with E-state index < -0.39 is 0 Å². The Balaban J connectivity index is 2.79. The quantitative estimate of drug-likeness (QED) is 0.612. The summed E-state index contributed by atoms with van der Waals surface area (Å²) in [5.41, 5.74) is 2.10. The Morgan fingerprint density at radius 2 is 2.23 bits per heavy atom. The van der Waals surface area contributed by atoms with Gasteiger partial charge in [0.25, 0.3) is 0 Å². The molecule has 66 valence electrons. The second-order valence-corrected chi connectivity index (χ2v) is 2.94. The lowest BCUT2D eigenvalue weighted by molar-refractivity contribution is 0.101. The van der Waals surface area contributed by atoms with Crippen molar-refractivity contribution in [3.05, 3.63) is 29.7 Å². The first-order valence-electron chi connectivity index (χ1n) is 4.01. The Kier molecular flexibility index (Phi) is 1.62. The van der Waals surface area contributed by atoms with Crippen LogP contribution in [0.3, 0.4) is 0 Å². The first-order chi connectivity index (χ1) is 6.18. The number of rotatable bonds is 1. The smallest absolute Gasteiger partial charge is 0.179 e. The number of fused-ring (bicyclic) bond motifs is 1. The molecule has 0 aliphatic heterocycles. The van der Waals surface area contributed by atoms with E-state index in [9.17, 15) is 4.79 Å². The second kappa shape index (κ2) is 2.65. The van der Waals surface area contributed by atoms with Crippen molar-refractivity contribution in [1.82, 2.24) is 14.6 Å². The number of ketones is 1. The molecule has 0 saturated carbocycles. The summed E-state index contributed by atoms with van der Waals surface area (Å²) in [6, 6.07) is 3.71. The van der Waals surface area contributed by atoms with E-state index in [1.807, 2.05) is 19.1 Å². The molecule has 2 heterocycles. The molecule has 0 spiro atoms. The average Bonchev–Trinajstić information content (AvgIpc) is 2.46. The highest BCUT2D eigenvalue weighted by atomic mass is 16.1. The first-order valence-corrected chi connectivity index (χ1v) is 4.01. The zero-order valence-electron chi connectivity index (χ0n) is 7.48. The van der Waals surface area contributed by atoms with Gasteiger partial charge in [-0.3, -0.25) is 4.79 Å². The normalized spacial score (nSPS) is 10.6. The largest absolute Gasteiger partial charge is 0.293 e. The Hall–Kier alpha value is -1.71. The van der Waals surface area contributed by atoms with Crippen LogP contribution in [0.2, 0.25) is 0 Å². The molecule has 0 bridgehead atoms. The van der Waals surface area contributed by atoms with E-state index in [0.29, 0.717) is 11.3 Å². The minimum absolute atomic E-state index is 0.0226. The molecule has 2 aromatic heterocycles. The molecule has 0 atom stereocenters. The molecular formula is C9H9N3O. The summed E-state index contributed by atoms with van der Waals surface area (Å²) in [5.74, 6) is -0.0226. The third kappa shape index (κ3) is 1.20. The van der Waals surface area contributed by atoms with Gasteiger partial charge in [0.2, 0.25) is 0 Å². The molecule has 2 aromatic rings. The Bertz CT molecular complexity index is 473. The molecule has 2 rings (SSSR count). The fraction of sp³-hybridized carbons (Fsp3) is 0.222. The molecule has 0 aromatic carbocycles. The molecule has 4 heteroatoms. The van der Waals surface area contributed by atoms with Gasteiger partial charge in [-0.25, -0.2) is 9.50 Å². The summed E-state index contributed by atoms with van der Waals surface area (Å²) in [5, 5.41) is 4.19. The van der Waals surface area contributed by atoms with Crippen LogP contribution in [0.15, 0.2) is 18.3 Å². The van der Waals surface area contributed by atoms with Gasteiger partial charge in [-0.05, 0) is 19.1 Å². The van der Waals surface area contributed by atoms with Crippen molar-refractivity contribution in [3.63, 3.8) is 0 Å². The van der Waals surface area contributed by atoms with Crippen LogP contribution in [-0.4, -0.2) is 20.4 Å². The molecule has 0 radical (unpaired) electrons. The standard InChI is InChI=1S/C9H9N3O/c1-6-3-4-9-10-5-8(7(2)13)12(9)11-6/h3-5H,1-2H3. The number of hydrogen-bond donors (Lipinski definition) is 0. The molecule has 13 heavy (non-hydrogen) atoms. The monoisotopic (exact) mass is 175 g/mol. The maximum Gasteiger partial charge on any atom is 0.179 e. The second-order valence-electron chi connectivity index (χ2n) is 2.94. The number of imidazole rings is 1. The van der Waals surface area contributed by atoms with Gasteiger partial charge in [0, 0.05) is 6.92 Å². The third-order valence-corrected chi connectivity index (χ3v) is 1.86. The molecular weight excluding hydrogens is 166 g/mol. The van der Waals surface area contributed by atoms with Gasteiger partial charge in [-0.15, -0.1) is 0 Å². The lowest BCUT2D eigenvalue weighted by Crippen LogP contribution is -2.02. The van der Waals surface area contributed by atoms with Crippen molar-refractivity contribution < 1.29 is 4.79 Å². The van der Waals surface area contributed by atoms with Crippen molar-refractivity contribution in [1.29, 1.82) is 0 Å². The zero-order valence-corrected chi connectivity index (χ0v) is 7.48. The van der Waals surface area contributed by atoms with Crippen molar-refractivity contribution in [3.8, 4) is 0 Å². The van der Waals surface area contributed by atoms with E-state index >= 15 is 0 Å². The van der Waals surface area contributed by atoms with E-state index in [2.05, 4.69) is 10.1 Å². The summed E-state index contributed by atoms with van der Waals surface area (Å²) in [7, 11) is 0. The topological polar surface area (TPSA) is 47.3 Å². The number of carbonyl (C=O) groups is 1. The molecule has 0 aliphatic carbocycles. The van der Waals surface area contributed by atoms with Crippen molar-refractivity contribution in [2.24, 2.45) is 0 Å². The summed E-state index contributed by atoms with van der Waals surface area (Å²) < 4.78 is 1.57. The van der Waals surface area contributed by atoms with Crippen molar-refractivity contribution in [2.45, 2.75) is 13.8 Å².